The molecule has 3 amide bonds. The summed E-state index contributed by atoms with van der Waals surface area (Å²) in [6, 6.07) is 34.6. The van der Waals surface area contributed by atoms with Gasteiger partial charge in [0.2, 0.25) is 5.91 Å². The molecule has 0 saturated carbocycles. The highest BCUT2D eigenvalue weighted by molar-refractivity contribution is 8.00. The van der Waals surface area contributed by atoms with Crippen LogP contribution in [0.15, 0.2) is 131 Å². The number of benzene rings is 4. The Labute approximate surface area is 293 Å². The number of thioether (sulfide) groups is 1. The molecule has 0 bridgehead atoms. The molecule has 1 aromatic heterocycles. The lowest BCUT2D eigenvalue weighted by atomic mass is 10.0. The molecule has 0 aliphatic heterocycles. The predicted octanol–water partition coefficient (Wildman–Crippen LogP) is 8.51. The van der Waals surface area contributed by atoms with Crippen molar-refractivity contribution >= 4 is 63.6 Å². The Morgan fingerprint density at radius 2 is 1.49 bits per heavy atom. The van der Waals surface area contributed by atoms with Crippen molar-refractivity contribution in [1.29, 1.82) is 0 Å². The Balaban J connectivity index is 1.31. The van der Waals surface area contributed by atoms with Crippen LogP contribution < -0.4 is 16.0 Å². The van der Waals surface area contributed by atoms with Crippen LogP contribution >= 0.6 is 23.1 Å². The highest BCUT2D eigenvalue weighted by Gasteiger charge is 2.26. The normalized spacial score (nSPS) is 11.7. The van der Waals surface area contributed by atoms with Gasteiger partial charge in [-0.1, -0.05) is 91.9 Å². The van der Waals surface area contributed by atoms with Crippen LogP contribution in [-0.4, -0.2) is 35.5 Å². The van der Waals surface area contributed by atoms with Gasteiger partial charge in [0.1, 0.15) is 16.3 Å². The van der Waals surface area contributed by atoms with E-state index in [0.717, 1.165) is 16.0 Å². The molecule has 0 radical (unpaired) electrons. The van der Waals surface area contributed by atoms with Crippen LogP contribution in [0.3, 0.4) is 0 Å². The van der Waals surface area contributed by atoms with Crippen LogP contribution in [0, 0.1) is 0 Å². The number of amides is 3. The highest BCUT2D eigenvalue weighted by Crippen LogP contribution is 2.37. The van der Waals surface area contributed by atoms with Gasteiger partial charge in [0.05, 0.1) is 11.9 Å². The maximum atomic E-state index is 13.6. The number of carbonyl (C=O) groups is 4. The zero-order valence-electron chi connectivity index (χ0n) is 27.0. The maximum absolute atomic E-state index is 13.6. The molecule has 3 N–H and O–H groups in total. The van der Waals surface area contributed by atoms with Gasteiger partial charge in [-0.15, -0.1) is 23.1 Å². The number of hydrogen-bond donors (Lipinski definition) is 3. The molecule has 10 heteroatoms. The predicted molar refractivity (Wildman–Crippen MR) is 198 cm³/mol. The molecule has 0 saturated heterocycles. The second-order valence-electron chi connectivity index (χ2n) is 10.7. The molecule has 0 aliphatic rings. The number of esters is 1. The van der Waals surface area contributed by atoms with Gasteiger partial charge in [0.25, 0.3) is 11.8 Å². The molecule has 4 aromatic carbocycles. The summed E-state index contributed by atoms with van der Waals surface area (Å²) in [4.78, 5) is 53.8. The van der Waals surface area contributed by atoms with Gasteiger partial charge in [0, 0.05) is 27.1 Å². The molecule has 0 fully saturated rings. The van der Waals surface area contributed by atoms with Gasteiger partial charge in [-0.2, -0.15) is 0 Å². The van der Waals surface area contributed by atoms with Crippen molar-refractivity contribution in [3.8, 4) is 11.1 Å². The number of rotatable bonds is 13. The maximum Gasteiger partial charge on any atom is 0.341 e. The van der Waals surface area contributed by atoms with Crippen molar-refractivity contribution in [1.82, 2.24) is 5.32 Å². The van der Waals surface area contributed by atoms with E-state index in [0.29, 0.717) is 33.8 Å². The average Bonchev–Trinajstić information content (AvgIpc) is 3.55. The fraction of sp³-hybridized carbons (Fsp3) is 0.128. The van der Waals surface area contributed by atoms with Gasteiger partial charge < -0.3 is 20.7 Å². The number of hydrogen-bond acceptors (Lipinski definition) is 7. The standard InChI is InChI=1S/C39H35N3O5S2/c1-3-33(37(45)42-38-34(39(46)47-4-2)31(25-48-38)27-17-10-6-11-18-27)49-30-22-14-21-29(24-30)40-36(44)32(23-26-15-8-5-9-16-26)41-35(43)28-19-12-7-13-20-28/h5-25,33H,3-4H2,1-2H3,(H,40,44)(H,41,43)(H,42,45)/b32-23-. The van der Waals surface area contributed by atoms with Gasteiger partial charge >= 0.3 is 5.97 Å². The molecule has 5 rings (SSSR count). The van der Waals surface area contributed by atoms with Crippen molar-refractivity contribution in [2.75, 3.05) is 17.2 Å². The first-order valence-corrected chi connectivity index (χ1v) is 17.5. The third-order valence-electron chi connectivity index (χ3n) is 7.26. The Hall–Kier alpha value is -5.45. The summed E-state index contributed by atoms with van der Waals surface area (Å²) < 4.78 is 5.34. The molecule has 0 aliphatic carbocycles. The Morgan fingerprint density at radius 1 is 0.816 bits per heavy atom. The molecular formula is C39H35N3O5S2. The first kappa shape index (κ1) is 34.9. The van der Waals surface area contributed by atoms with Crippen molar-refractivity contribution in [2.45, 2.75) is 30.4 Å². The van der Waals surface area contributed by atoms with Crippen LogP contribution in [0.2, 0.25) is 0 Å². The number of thiophene rings is 1. The van der Waals surface area contributed by atoms with Crippen molar-refractivity contribution in [3.05, 3.63) is 143 Å². The van der Waals surface area contributed by atoms with E-state index in [-0.39, 0.29) is 18.2 Å². The molecular weight excluding hydrogens is 655 g/mol. The van der Waals surface area contributed by atoms with E-state index in [1.807, 2.05) is 85.1 Å². The molecule has 1 heterocycles. The van der Waals surface area contributed by atoms with Crippen LogP contribution in [0.5, 0.6) is 0 Å². The minimum atomic E-state index is -0.501. The van der Waals surface area contributed by atoms with E-state index < -0.39 is 23.0 Å². The average molecular weight is 690 g/mol. The second kappa shape index (κ2) is 17.1. The third-order valence-corrected chi connectivity index (χ3v) is 9.52. The molecule has 5 aromatic rings. The van der Waals surface area contributed by atoms with E-state index in [2.05, 4.69) is 16.0 Å². The fourth-order valence-electron chi connectivity index (χ4n) is 4.87. The lowest BCUT2D eigenvalue weighted by Crippen LogP contribution is -2.30. The molecule has 49 heavy (non-hydrogen) atoms. The van der Waals surface area contributed by atoms with E-state index >= 15 is 0 Å². The molecule has 248 valence electrons. The fourth-order valence-corrected chi connectivity index (χ4v) is 6.84. The zero-order valence-corrected chi connectivity index (χ0v) is 28.6. The summed E-state index contributed by atoms with van der Waals surface area (Å²) >= 11 is 2.62. The largest absolute Gasteiger partial charge is 0.462 e. The van der Waals surface area contributed by atoms with Crippen LogP contribution in [0.4, 0.5) is 10.7 Å². The van der Waals surface area contributed by atoms with Crippen molar-refractivity contribution < 1.29 is 23.9 Å². The lowest BCUT2D eigenvalue weighted by molar-refractivity contribution is -0.116. The van der Waals surface area contributed by atoms with Crippen LogP contribution in [0.25, 0.3) is 17.2 Å². The van der Waals surface area contributed by atoms with Crippen LogP contribution in [0.1, 0.15) is 46.5 Å². The van der Waals surface area contributed by atoms with E-state index in [4.69, 9.17) is 4.74 Å². The zero-order chi connectivity index (χ0) is 34.6. The number of nitrogens with one attached hydrogen (secondary N) is 3. The quantitative estimate of drug-likeness (QED) is 0.0649. The molecule has 1 unspecified atom stereocenters. The summed E-state index contributed by atoms with van der Waals surface area (Å²) in [5, 5.41) is 10.4. The Morgan fingerprint density at radius 3 is 2.16 bits per heavy atom. The summed E-state index contributed by atoms with van der Waals surface area (Å²) in [6.45, 7) is 3.86. The minimum Gasteiger partial charge on any atom is -0.462 e. The summed E-state index contributed by atoms with van der Waals surface area (Å²) in [5.74, 6) is -1.67. The Kier molecular flexibility index (Phi) is 12.2. The Bertz CT molecular complexity index is 1940. The third kappa shape index (κ3) is 9.34. The van der Waals surface area contributed by atoms with Crippen molar-refractivity contribution in [2.24, 2.45) is 0 Å². The molecule has 8 nitrogen and oxygen atoms in total. The first-order chi connectivity index (χ1) is 23.9. The highest BCUT2D eigenvalue weighted by atomic mass is 32.2. The molecule has 1 atom stereocenters. The lowest BCUT2D eigenvalue weighted by Gasteiger charge is -2.16. The first-order valence-electron chi connectivity index (χ1n) is 15.7. The van der Waals surface area contributed by atoms with Gasteiger partial charge in [-0.3, -0.25) is 14.4 Å². The van der Waals surface area contributed by atoms with E-state index in [1.165, 1.54) is 23.1 Å². The van der Waals surface area contributed by atoms with E-state index in [1.54, 1.807) is 55.5 Å². The smallest absolute Gasteiger partial charge is 0.341 e. The van der Waals surface area contributed by atoms with Gasteiger partial charge in [-0.05, 0) is 60.9 Å². The van der Waals surface area contributed by atoms with Gasteiger partial charge in [0.15, 0.2) is 0 Å². The van der Waals surface area contributed by atoms with Crippen LogP contribution in [-0.2, 0) is 14.3 Å². The topological polar surface area (TPSA) is 114 Å². The second-order valence-corrected chi connectivity index (χ2v) is 12.9. The van der Waals surface area contributed by atoms with Gasteiger partial charge in [-0.25, -0.2) is 4.79 Å². The summed E-state index contributed by atoms with van der Waals surface area (Å²) in [5.41, 5.74) is 3.61. The van der Waals surface area contributed by atoms with Crippen molar-refractivity contribution in [3.63, 3.8) is 0 Å². The molecule has 0 spiro atoms. The number of anilines is 2. The monoisotopic (exact) mass is 689 g/mol. The number of ether oxygens (including phenoxy) is 1. The summed E-state index contributed by atoms with van der Waals surface area (Å²) in [7, 11) is 0. The number of carbonyl (C=O) groups excluding carboxylic acids is 4. The van der Waals surface area contributed by atoms with E-state index in [9.17, 15) is 19.2 Å². The summed E-state index contributed by atoms with van der Waals surface area (Å²) in [6.07, 6.45) is 2.12. The minimum absolute atomic E-state index is 0.0761. The SMILES string of the molecule is CCOC(=O)c1c(-c2ccccc2)csc1NC(=O)C(CC)Sc1cccc(NC(=O)/C(=C/c2ccccc2)NC(=O)c2ccccc2)c1.